The van der Waals surface area contributed by atoms with Crippen molar-refractivity contribution < 1.29 is 19.4 Å². The third-order valence-electron chi connectivity index (χ3n) is 7.05. The SMILES string of the molecule is CNc1cc(-c2cn([C@H]3COC[C@@H]3OC)c3ncccc23)nc2c(C(=O)NC3CC[C@@H]3O)cnn12. The van der Waals surface area contributed by atoms with E-state index < -0.39 is 6.10 Å². The van der Waals surface area contributed by atoms with Gasteiger partial charge in [0.1, 0.15) is 23.1 Å². The Hall–Kier alpha value is -3.54. The molecular weight excluding hydrogens is 450 g/mol. The normalized spacial score (nSPS) is 24.1. The third kappa shape index (κ3) is 3.54. The van der Waals surface area contributed by atoms with Crippen LogP contribution in [0, 0.1) is 0 Å². The molecule has 11 nitrogen and oxygen atoms in total. The Morgan fingerprint density at radius 2 is 2.17 bits per heavy atom. The lowest BCUT2D eigenvalue weighted by Crippen LogP contribution is -2.50. The van der Waals surface area contributed by atoms with Crippen molar-refractivity contribution in [2.45, 2.75) is 37.1 Å². The summed E-state index contributed by atoms with van der Waals surface area (Å²) in [6.45, 7) is 1.06. The third-order valence-corrected chi connectivity index (χ3v) is 7.05. The zero-order valence-electron chi connectivity index (χ0n) is 19.5. The summed E-state index contributed by atoms with van der Waals surface area (Å²) >= 11 is 0. The molecule has 11 heteroatoms. The maximum atomic E-state index is 13.0. The molecule has 1 saturated carbocycles. The number of aromatic nitrogens is 5. The van der Waals surface area contributed by atoms with Gasteiger partial charge in [-0.25, -0.2) is 9.97 Å². The highest BCUT2D eigenvalue weighted by Crippen LogP contribution is 2.35. The van der Waals surface area contributed by atoms with Crippen molar-refractivity contribution in [3.8, 4) is 11.3 Å². The molecule has 2 aliphatic rings. The molecule has 1 saturated heterocycles. The largest absolute Gasteiger partial charge is 0.391 e. The van der Waals surface area contributed by atoms with Gasteiger partial charge < -0.3 is 29.8 Å². The Morgan fingerprint density at radius 1 is 1.29 bits per heavy atom. The van der Waals surface area contributed by atoms with E-state index >= 15 is 0 Å². The molecule has 1 aliphatic heterocycles. The van der Waals surface area contributed by atoms with E-state index in [1.165, 1.54) is 6.20 Å². The Kier molecular flexibility index (Phi) is 5.39. The standard InChI is InChI=1S/C24H27N7O4/c1-25-21-8-17(28-23-14(9-27-31(21)23)24(33)29-16-5-6-19(16)32)15-10-30(18-11-35-12-20(18)34-2)22-13(15)4-3-7-26-22/h3-4,7-10,16,18-20,25,32H,5-6,11-12H2,1-2H3,(H,29,33)/t16?,18-,19-,20-/m0/s1. The first-order chi connectivity index (χ1) is 17.1. The Morgan fingerprint density at radius 3 is 2.91 bits per heavy atom. The second kappa shape index (κ2) is 8.59. The van der Waals surface area contributed by atoms with E-state index in [0.29, 0.717) is 42.4 Å². The molecule has 182 valence electrons. The van der Waals surface area contributed by atoms with Gasteiger partial charge in [0, 0.05) is 43.6 Å². The number of anilines is 1. The molecule has 3 N–H and O–H groups in total. The number of aliphatic hydroxyl groups excluding tert-OH is 1. The number of nitrogens with zero attached hydrogens (tertiary/aromatic N) is 5. The minimum Gasteiger partial charge on any atom is -0.391 e. The molecule has 1 aliphatic carbocycles. The maximum absolute atomic E-state index is 13.0. The molecule has 0 aromatic carbocycles. The Balaban J connectivity index is 1.47. The number of rotatable bonds is 6. The van der Waals surface area contributed by atoms with Gasteiger partial charge in [0.05, 0.1) is 43.3 Å². The minimum absolute atomic E-state index is 0.0103. The fourth-order valence-corrected chi connectivity index (χ4v) is 4.88. The second-order valence-electron chi connectivity index (χ2n) is 9.00. The monoisotopic (exact) mass is 477 g/mol. The van der Waals surface area contributed by atoms with Gasteiger partial charge in [0.25, 0.3) is 5.91 Å². The lowest BCUT2D eigenvalue weighted by atomic mass is 9.89. The van der Waals surface area contributed by atoms with Crippen molar-refractivity contribution in [1.82, 2.24) is 29.5 Å². The van der Waals surface area contributed by atoms with Crippen molar-refractivity contribution in [1.29, 1.82) is 0 Å². The van der Waals surface area contributed by atoms with Crippen LogP contribution in [0.4, 0.5) is 5.82 Å². The van der Waals surface area contributed by atoms with Crippen LogP contribution in [0.25, 0.3) is 27.9 Å². The summed E-state index contributed by atoms with van der Waals surface area (Å²) in [6, 6.07) is 5.56. The van der Waals surface area contributed by atoms with Gasteiger partial charge in [-0.1, -0.05) is 0 Å². The van der Waals surface area contributed by atoms with Crippen LogP contribution in [0.2, 0.25) is 0 Å². The average molecular weight is 478 g/mol. The first-order valence-electron chi connectivity index (χ1n) is 11.7. The number of pyridine rings is 1. The van der Waals surface area contributed by atoms with Crippen LogP contribution >= 0.6 is 0 Å². The predicted octanol–water partition coefficient (Wildman–Crippen LogP) is 1.63. The molecule has 4 atom stereocenters. The average Bonchev–Trinajstić information content (AvgIpc) is 3.61. The van der Waals surface area contributed by atoms with Gasteiger partial charge >= 0.3 is 0 Å². The number of carbonyl (C=O) groups is 1. The van der Waals surface area contributed by atoms with Gasteiger partial charge in [-0.2, -0.15) is 9.61 Å². The number of methoxy groups -OCH3 is 1. The number of amides is 1. The molecule has 4 aromatic heterocycles. The highest BCUT2D eigenvalue weighted by Gasteiger charge is 2.33. The molecule has 6 rings (SSSR count). The summed E-state index contributed by atoms with van der Waals surface area (Å²) < 4.78 is 15.0. The van der Waals surface area contributed by atoms with Crippen LogP contribution in [0.3, 0.4) is 0 Å². The van der Waals surface area contributed by atoms with Crippen LogP contribution in [-0.4, -0.2) is 80.8 Å². The molecule has 0 bridgehead atoms. The molecule has 1 unspecified atom stereocenters. The quantitative estimate of drug-likeness (QED) is 0.382. The number of fused-ring (bicyclic) bond motifs is 2. The van der Waals surface area contributed by atoms with Crippen LogP contribution in [-0.2, 0) is 9.47 Å². The Bertz CT molecular complexity index is 1410. The number of nitrogens with one attached hydrogen (secondary N) is 2. The number of hydrogen-bond donors (Lipinski definition) is 3. The lowest BCUT2D eigenvalue weighted by molar-refractivity contribution is 0.0448. The van der Waals surface area contributed by atoms with E-state index in [1.54, 1.807) is 24.9 Å². The zero-order chi connectivity index (χ0) is 24.1. The summed E-state index contributed by atoms with van der Waals surface area (Å²) in [7, 11) is 3.49. The second-order valence-corrected chi connectivity index (χ2v) is 9.00. The van der Waals surface area contributed by atoms with Gasteiger partial charge in [-0.05, 0) is 25.0 Å². The smallest absolute Gasteiger partial charge is 0.257 e. The highest BCUT2D eigenvalue weighted by molar-refractivity contribution is 6.01. The van der Waals surface area contributed by atoms with Crippen molar-refractivity contribution in [2.24, 2.45) is 0 Å². The summed E-state index contributed by atoms with van der Waals surface area (Å²) in [5.41, 5.74) is 3.17. The van der Waals surface area contributed by atoms with E-state index in [0.717, 1.165) is 23.0 Å². The van der Waals surface area contributed by atoms with Crippen molar-refractivity contribution >= 4 is 28.4 Å². The summed E-state index contributed by atoms with van der Waals surface area (Å²) in [6.07, 6.45) is 6.18. The first kappa shape index (κ1) is 22.0. The molecule has 0 radical (unpaired) electrons. The summed E-state index contributed by atoms with van der Waals surface area (Å²) in [4.78, 5) is 22.5. The molecular formula is C24H27N7O4. The van der Waals surface area contributed by atoms with Crippen LogP contribution < -0.4 is 10.6 Å². The number of hydrogen-bond acceptors (Lipinski definition) is 8. The predicted molar refractivity (Wildman–Crippen MR) is 128 cm³/mol. The first-order valence-corrected chi connectivity index (χ1v) is 11.7. The van der Waals surface area contributed by atoms with Crippen LogP contribution in [0.5, 0.6) is 0 Å². The topological polar surface area (TPSA) is 128 Å². The summed E-state index contributed by atoms with van der Waals surface area (Å²) in [5, 5.41) is 21.3. The number of carbonyl (C=O) groups excluding carboxylic acids is 1. The molecule has 0 spiro atoms. The van der Waals surface area contributed by atoms with Crippen molar-refractivity contribution in [3.05, 3.63) is 42.4 Å². The van der Waals surface area contributed by atoms with Crippen LogP contribution in [0.1, 0.15) is 29.2 Å². The van der Waals surface area contributed by atoms with E-state index in [-0.39, 0.29) is 24.1 Å². The maximum Gasteiger partial charge on any atom is 0.257 e. The number of aliphatic hydroxyl groups is 1. The molecule has 4 aromatic rings. The summed E-state index contributed by atoms with van der Waals surface area (Å²) in [5.74, 6) is 0.391. The fraction of sp³-hybridized carbons (Fsp3) is 0.417. The van der Waals surface area contributed by atoms with Crippen LogP contribution in [0.15, 0.2) is 36.8 Å². The molecule has 1 amide bonds. The van der Waals surface area contributed by atoms with Gasteiger partial charge in [-0.15, -0.1) is 0 Å². The molecule has 2 fully saturated rings. The molecule has 35 heavy (non-hydrogen) atoms. The van der Waals surface area contributed by atoms with Crippen molar-refractivity contribution in [2.75, 3.05) is 32.7 Å². The van der Waals surface area contributed by atoms with Gasteiger partial charge in [0.15, 0.2) is 5.65 Å². The van der Waals surface area contributed by atoms with E-state index in [4.69, 9.17) is 14.5 Å². The fourth-order valence-electron chi connectivity index (χ4n) is 4.88. The van der Waals surface area contributed by atoms with E-state index in [2.05, 4.69) is 25.3 Å². The zero-order valence-corrected chi connectivity index (χ0v) is 19.5. The molecule has 5 heterocycles. The number of ether oxygens (including phenoxy) is 2. The minimum atomic E-state index is -0.508. The van der Waals surface area contributed by atoms with E-state index in [1.807, 2.05) is 24.4 Å². The Labute approximate surface area is 201 Å². The van der Waals surface area contributed by atoms with Crippen molar-refractivity contribution in [3.63, 3.8) is 0 Å². The van der Waals surface area contributed by atoms with E-state index in [9.17, 15) is 9.90 Å². The van der Waals surface area contributed by atoms with Gasteiger partial charge in [-0.3, -0.25) is 4.79 Å². The van der Waals surface area contributed by atoms with Gasteiger partial charge in [0.2, 0.25) is 0 Å². The lowest BCUT2D eigenvalue weighted by Gasteiger charge is -2.32. The highest BCUT2D eigenvalue weighted by atomic mass is 16.5.